The number of halogens is 2. The van der Waals surface area contributed by atoms with Gasteiger partial charge in [-0.15, -0.1) is 0 Å². The van der Waals surface area contributed by atoms with Crippen LogP contribution in [-0.4, -0.2) is 15.5 Å². The SMILES string of the molecule is CCC[C@H](NC(=O)c1c(F)ccc(C)c1Cl)c1nccn1C. The van der Waals surface area contributed by atoms with Crippen molar-refractivity contribution in [3.05, 3.63) is 52.3 Å². The standard InChI is InChI=1S/C16H19ClFN3O/c1-4-5-12(15-19-8-9-21(15)3)20-16(22)13-11(18)7-6-10(2)14(13)17/h6-9,12H,4-5H2,1-3H3,(H,20,22)/t12-/m0/s1. The van der Waals surface area contributed by atoms with Crippen molar-refractivity contribution in [2.45, 2.75) is 32.7 Å². The van der Waals surface area contributed by atoms with Crippen LogP contribution in [-0.2, 0) is 7.05 Å². The fraction of sp³-hybridized carbons (Fsp3) is 0.375. The highest BCUT2D eigenvalue weighted by molar-refractivity contribution is 6.34. The molecule has 1 aromatic heterocycles. The van der Waals surface area contributed by atoms with Gasteiger partial charge in [0.05, 0.1) is 16.6 Å². The number of carbonyl (C=O) groups is 1. The molecule has 0 unspecified atom stereocenters. The monoisotopic (exact) mass is 323 g/mol. The second kappa shape index (κ2) is 6.92. The van der Waals surface area contributed by atoms with Crippen LogP contribution in [0.4, 0.5) is 4.39 Å². The molecule has 0 saturated heterocycles. The smallest absolute Gasteiger partial charge is 0.256 e. The Morgan fingerprint density at radius 1 is 1.50 bits per heavy atom. The molecule has 22 heavy (non-hydrogen) atoms. The average Bonchev–Trinajstić information content (AvgIpc) is 2.89. The Labute approximate surface area is 134 Å². The van der Waals surface area contributed by atoms with E-state index in [1.165, 1.54) is 6.07 Å². The number of aryl methyl sites for hydroxylation is 2. The summed E-state index contributed by atoms with van der Waals surface area (Å²) in [5, 5.41) is 2.99. The van der Waals surface area contributed by atoms with E-state index in [4.69, 9.17) is 11.6 Å². The number of aromatic nitrogens is 2. The van der Waals surface area contributed by atoms with Crippen molar-refractivity contribution >= 4 is 17.5 Å². The maximum atomic E-state index is 14.0. The number of nitrogens with one attached hydrogen (secondary N) is 1. The Bertz CT molecular complexity index is 684. The van der Waals surface area contributed by atoms with Crippen molar-refractivity contribution < 1.29 is 9.18 Å². The van der Waals surface area contributed by atoms with Crippen LogP contribution in [0.2, 0.25) is 5.02 Å². The number of rotatable bonds is 5. The number of amides is 1. The fourth-order valence-corrected chi connectivity index (χ4v) is 2.60. The van der Waals surface area contributed by atoms with E-state index >= 15 is 0 Å². The van der Waals surface area contributed by atoms with Crippen LogP contribution < -0.4 is 5.32 Å². The van der Waals surface area contributed by atoms with Crippen LogP contribution in [0.15, 0.2) is 24.5 Å². The van der Waals surface area contributed by atoms with Crippen LogP contribution in [0.3, 0.4) is 0 Å². The van der Waals surface area contributed by atoms with Gasteiger partial charge in [-0.25, -0.2) is 9.37 Å². The third-order valence-electron chi connectivity index (χ3n) is 3.56. The van der Waals surface area contributed by atoms with Crippen LogP contribution in [0.5, 0.6) is 0 Å². The van der Waals surface area contributed by atoms with E-state index in [2.05, 4.69) is 10.3 Å². The van der Waals surface area contributed by atoms with E-state index in [0.717, 1.165) is 12.2 Å². The van der Waals surface area contributed by atoms with Crippen LogP contribution in [0.1, 0.15) is 47.6 Å². The minimum Gasteiger partial charge on any atom is -0.342 e. The summed E-state index contributed by atoms with van der Waals surface area (Å²) in [4.78, 5) is 16.7. The van der Waals surface area contributed by atoms with E-state index in [-0.39, 0.29) is 16.6 Å². The first-order chi connectivity index (χ1) is 10.5. The fourth-order valence-electron chi connectivity index (χ4n) is 2.36. The zero-order chi connectivity index (χ0) is 16.3. The molecule has 0 saturated carbocycles. The summed E-state index contributed by atoms with van der Waals surface area (Å²) in [6.07, 6.45) is 5.05. The van der Waals surface area contributed by atoms with Crippen molar-refractivity contribution in [1.29, 1.82) is 0 Å². The zero-order valence-electron chi connectivity index (χ0n) is 12.9. The Kier molecular flexibility index (Phi) is 5.19. The summed E-state index contributed by atoms with van der Waals surface area (Å²) in [7, 11) is 1.86. The molecule has 1 amide bonds. The normalized spacial score (nSPS) is 12.2. The summed E-state index contributed by atoms with van der Waals surface area (Å²) in [6, 6.07) is 2.52. The van der Waals surface area contributed by atoms with Gasteiger partial charge in [0.2, 0.25) is 0 Å². The molecule has 118 valence electrons. The van der Waals surface area contributed by atoms with E-state index in [0.29, 0.717) is 12.0 Å². The van der Waals surface area contributed by atoms with Crippen molar-refractivity contribution in [3.63, 3.8) is 0 Å². The van der Waals surface area contributed by atoms with E-state index < -0.39 is 11.7 Å². The van der Waals surface area contributed by atoms with Gasteiger partial charge in [-0.3, -0.25) is 4.79 Å². The quantitative estimate of drug-likeness (QED) is 0.910. The second-order valence-corrected chi connectivity index (χ2v) is 5.64. The lowest BCUT2D eigenvalue weighted by molar-refractivity contribution is 0.0928. The topological polar surface area (TPSA) is 46.9 Å². The summed E-state index contributed by atoms with van der Waals surface area (Å²) in [5.74, 6) is -0.407. The highest BCUT2D eigenvalue weighted by atomic mass is 35.5. The summed E-state index contributed by atoms with van der Waals surface area (Å²) in [6.45, 7) is 3.75. The molecular weight excluding hydrogens is 305 g/mol. The number of imidazole rings is 1. The van der Waals surface area contributed by atoms with Crippen LogP contribution in [0, 0.1) is 12.7 Å². The highest BCUT2D eigenvalue weighted by Gasteiger charge is 2.23. The van der Waals surface area contributed by atoms with Gasteiger partial charge in [0.25, 0.3) is 5.91 Å². The molecule has 0 aliphatic rings. The first-order valence-electron chi connectivity index (χ1n) is 7.18. The molecule has 0 radical (unpaired) electrons. The van der Waals surface area contributed by atoms with Crippen molar-refractivity contribution in [2.24, 2.45) is 7.05 Å². The first kappa shape index (κ1) is 16.5. The molecule has 1 aromatic carbocycles. The second-order valence-electron chi connectivity index (χ2n) is 5.26. The van der Waals surface area contributed by atoms with E-state index in [9.17, 15) is 9.18 Å². The average molecular weight is 324 g/mol. The maximum Gasteiger partial charge on any atom is 0.256 e. The Morgan fingerprint density at radius 3 is 2.82 bits per heavy atom. The molecule has 0 aliphatic carbocycles. The minimum absolute atomic E-state index is 0.114. The molecule has 0 bridgehead atoms. The molecular formula is C16H19ClFN3O. The number of hydrogen-bond acceptors (Lipinski definition) is 2. The minimum atomic E-state index is -0.622. The summed E-state index contributed by atoms with van der Waals surface area (Å²) in [5.41, 5.74) is 0.550. The molecule has 2 aromatic rings. The molecule has 0 fully saturated rings. The van der Waals surface area contributed by atoms with E-state index in [1.54, 1.807) is 19.2 Å². The van der Waals surface area contributed by atoms with Crippen molar-refractivity contribution in [3.8, 4) is 0 Å². The number of benzene rings is 1. The lowest BCUT2D eigenvalue weighted by Gasteiger charge is -2.19. The molecule has 1 heterocycles. The van der Waals surface area contributed by atoms with Gasteiger partial charge in [0.1, 0.15) is 11.6 Å². The van der Waals surface area contributed by atoms with Gasteiger partial charge in [-0.05, 0) is 25.0 Å². The molecule has 1 N–H and O–H groups in total. The lowest BCUT2D eigenvalue weighted by atomic mass is 10.1. The first-order valence-corrected chi connectivity index (χ1v) is 7.56. The van der Waals surface area contributed by atoms with Gasteiger partial charge in [0.15, 0.2) is 0 Å². The van der Waals surface area contributed by atoms with Crippen molar-refractivity contribution in [1.82, 2.24) is 14.9 Å². The summed E-state index contributed by atoms with van der Waals surface area (Å²) >= 11 is 6.09. The maximum absolute atomic E-state index is 14.0. The predicted molar refractivity (Wildman–Crippen MR) is 84.5 cm³/mol. The zero-order valence-corrected chi connectivity index (χ0v) is 13.6. The molecule has 0 aliphatic heterocycles. The Balaban J connectivity index is 2.30. The molecule has 2 rings (SSSR count). The molecule has 1 atom stereocenters. The highest BCUT2D eigenvalue weighted by Crippen LogP contribution is 2.25. The lowest BCUT2D eigenvalue weighted by Crippen LogP contribution is -2.31. The Morgan fingerprint density at radius 2 is 2.23 bits per heavy atom. The van der Waals surface area contributed by atoms with Gasteiger partial charge in [0, 0.05) is 19.4 Å². The van der Waals surface area contributed by atoms with Crippen LogP contribution in [0.25, 0.3) is 0 Å². The predicted octanol–water partition coefficient (Wildman–Crippen LogP) is 3.79. The van der Waals surface area contributed by atoms with Gasteiger partial charge in [-0.2, -0.15) is 0 Å². The van der Waals surface area contributed by atoms with Crippen LogP contribution >= 0.6 is 11.6 Å². The number of carbonyl (C=O) groups excluding carboxylic acids is 1. The number of hydrogen-bond donors (Lipinski definition) is 1. The van der Waals surface area contributed by atoms with Gasteiger partial charge in [-0.1, -0.05) is 31.0 Å². The van der Waals surface area contributed by atoms with Gasteiger partial charge >= 0.3 is 0 Å². The largest absolute Gasteiger partial charge is 0.342 e. The molecule has 0 spiro atoms. The Hall–Kier alpha value is -1.88. The van der Waals surface area contributed by atoms with E-state index in [1.807, 2.05) is 24.7 Å². The third-order valence-corrected chi connectivity index (χ3v) is 4.05. The summed E-state index contributed by atoms with van der Waals surface area (Å²) < 4.78 is 15.8. The number of nitrogens with zero attached hydrogens (tertiary/aromatic N) is 2. The molecule has 4 nitrogen and oxygen atoms in total. The van der Waals surface area contributed by atoms with Crippen molar-refractivity contribution in [2.75, 3.05) is 0 Å². The molecule has 6 heteroatoms. The van der Waals surface area contributed by atoms with Gasteiger partial charge < -0.3 is 9.88 Å². The third kappa shape index (κ3) is 3.30.